The second-order valence-electron chi connectivity index (χ2n) is 5.34. The molecule has 0 bridgehead atoms. The Morgan fingerprint density at radius 1 is 1.16 bits per heavy atom. The predicted octanol–water partition coefficient (Wildman–Crippen LogP) is 2.02. The first-order valence-electron chi connectivity index (χ1n) is 6.09. The number of carbonyl (C=O) groups excluding carboxylic acids is 2. The van der Waals surface area contributed by atoms with Gasteiger partial charge in [-0.25, -0.2) is 0 Å². The van der Waals surface area contributed by atoms with Crippen molar-refractivity contribution in [2.45, 2.75) is 32.7 Å². The highest BCUT2D eigenvalue weighted by molar-refractivity contribution is 9.10. The lowest BCUT2D eigenvalue weighted by Crippen LogP contribution is -2.46. The lowest BCUT2D eigenvalue weighted by atomic mass is 10.1. The molecule has 0 aromatic heterocycles. The maximum Gasteiger partial charge on any atom is 0.239 e. The number of carbonyl (C=O) groups is 2. The van der Waals surface area contributed by atoms with Crippen molar-refractivity contribution in [2.24, 2.45) is 0 Å². The Labute approximate surface area is 122 Å². The zero-order valence-electron chi connectivity index (χ0n) is 11.4. The van der Waals surface area contributed by atoms with Gasteiger partial charge in [0, 0.05) is 10.0 Å². The predicted molar refractivity (Wildman–Crippen MR) is 78.8 cm³/mol. The van der Waals surface area contributed by atoms with E-state index < -0.39 is 0 Å². The molecular weight excluding hydrogens is 308 g/mol. The van der Waals surface area contributed by atoms with Crippen LogP contribution in [-0.4, -0.2) is 23.9 Å². The molecule has 2 N–H and O–H groups in total. The summed E-state index contributed by atoms with van der Waals surface area (Å²) in [6.45, 7) is 5.69. The van der Waals surface area contributed by atoms with Gasteiger partial charge in [0.2, 0.25) is 11.8 Å². The van der Waals surface area contributed by atoms with Crippen LogP contribution >= 0.6 is 15.9 Å². The largest absolute Gasteiger partial charge is 0.350 e. The van der Waals surface area contributed by atoms with Crippen molar-refractivity contribution < 1.29 is 9.59 Å². The maximum absolute atomic E-state index is 11.7. The van der Waals surface area contributed by atoms with Gasteiger partial charge in [-0.15, -0.1) is 0 Å². The first-order chi connectivity index (χ1) is 8.78. The number of benzene rings is 1. The summed E-state index contributed by atoms with van der Waals surface area (Å²) in [5, 5.41) is 5.40. The van der Waals surface area contributed by atoms with Gasteiger partial charge in [0.25, 0.3) is 0 Å². The Hall–Kier alpha value is -1.36. The van der Waals surface area contributed by atoms with E-state index in [1.807, 2.05) is 45.0 Å². The summed E-state index contributed by atoms with van der Waals surface area (Å²) in [6.07, 6.45) is 0.254. The molecule has 2 amide bonds. The van der Waals surface area contributed by atoms with Crippen LogP contribution in [-0.2, 0) is 16.0 Å². The summed E-state index contributed by atoms with van der Waals surface area (Å²) in [4.78, 5) is 23.3. The molecular formula is C14H19BrN2O2. The highest BCUT2D eigenvalue weighted by atomic mass is 79.9. The van der Waals surface area contributed by atoms with E-state index in [2.05, 4.69) is 26.6 Å². The molecule has 19 heavy (non-hydrogen) atoms. The topological polar surface area (TPSA) is 58.2 Å². The third-order valence-corrected chi connectivity index (χ3v) is 3.04. The standard InChI is InChI=1S/C14H19BrN2O2/c1-14(2,3)17-13(19)9-16-12(18)8-10-6-4-5-7-11(10)15/h4-7H,8-9H2,1-3H3,(H,16,18)(H,17,19). The van der Waals surface area contributed by atoms with Gasteiger partial charge in [-0.1, -0.05) is 34.1 Å². The number of rotatable bonds is 4. The lowest BCUT2D eigenvalue weighted by Gasteiger charge is -2.20. The summed E-state index contributed by atoms with van der Waals surface area (Å²) >= 11 is 3.39. The van der Waals surface area contributed by atoms with Crippen molar-refractivity contribution in [1.29, 1.82) is 0 Å². The highest BCUT2D eigenvalue weighted by Crippen LogP contribution is 2.15. The van der Waals surface area contributed by atoms with Crippen LogP contribution in [0.2, 0.25) is 0 Å². The van der Waals surface area contributed by atoms with Crippen LogP contribution in [0.3, 0.4) is 0 Å². The average molecular weight is 327 g/mol. The SMILES string of the molecule is CC(C)(C)NC(=O)CNC(=O)Cc1ccccc1Br. The van der Waals surface area contributed by atoms with Crippen LogP contribution in [0.25, 0.3) is 0 Å². The Morgan fingerprint density at radius 2 is 1.79 bits per heavy atom. The van der Waals surface area contributed by atoms with E-state index in [0.29, 0.717) is 0 Å². The first-order valence-corrected chi connectivity index (χ1v) is 6.88. The molecule has 1 aromatic rings. The van der Waals surface area contributed by atoms with Crippen LogP contribution in [0.1, 0.15) is 26.3 Å². The van der Waals surface area contributed by atoms with E-state index in [4.69, 9.17) is 0 Å². The van der Waals surface area contributed by atoms with E-state index in [9.17, 15) is 9.59 Å². The molecule has 0 fully saturated rings. The Balaban J connectivity index is 2.41. The molecule has 0 aliphatic carbocycles. The van der Waals surface area contributed by atoms with Crippen LogP contribution in [0, 0.1) is 0 Å². The van der Waals surface area contributed by atoms with Crippen molar-refractivity contribution in [3.63, 3.8) is 0 Å². The number of hydrogen-bond donors (Lipinski definition) is 2. The van der Waals surface area contributed by atoms with Crippen molar-refractivity contribution in [2.75, 3.05) is 6.54 Å². The number of halogens is 1. The quantitative estimate of drug-likeness (QED) is 0.889. The van der Waals surface area contributed by atoms with Gasteiger partial charge >= 0.3 is 0 Å². The zero-order chi connectivity index (χ0) is 14.5. The molecule has 104 valence electrons. The molecule has 0 aliphatic heterocycles. The Morgan fingerprint density at radius 3 is 2.37 bits per heavy atom. The fourth-order valence-corrected chi connectivity index (χ4v) is 1.94. The van der Waals surface area contributed by atoms with Crippen molar-refractivity contribution in [3.05, 3.63) is 34.3 Å². The van der Waals surface area contributed by atoms with E-state index in [1.165, 1.54) is 0 Å². The van der Waals surface area contributed by atoms with Gasteiger partial charge in [-0.05, 0) is 32.4 Å². The van der Waals surface area contributed by atoms with Gasteiger partial charge in [-0.2, -0.15) is 0 Å². The fourth-order valence-electron chi connectivity index (χ4n) is 1.52. The smallest absolute Gasteiger partial charge is 0.239 e. The van der Waals surface area contributed by atoms with E-state index in [-0.39, 0.29) is 30.3 Å². The molecule has 0 unspecified atom stereocenters. The van der Waals surface area contributed by atoms with Gasteiger partial charge < -0.3 is 10.6 Å². The molecule has 5 heteroatoms. The first kappa shape index (κ1) is 15.7. The van der Waals surface area contributed by atoms with Gasteiger partial charge in [0.1, 0.15) is 0 Å². The van der Waals surface area contributed by atoms with Gasteiger partial charge in [0.15, 0.2) is 0 Å². The highest BCUT2D eigenvalue weighted by Gasteiger charge is 2.14. The Bertz CT molecular complexity index is 467. The van der Waals surface area contributed by atoms with E-state index in [1.54, 1.807) is 0 Å². The Kier molecular flexibility index (Phi) is 5.54. The van der Waals surface area contributed by atoms with Crippen LogP contribution < -0.4 is 10.6 Å². The lowest BCUT2D eigenvalue weighted by molar-refractivity contribution is -0.126. The van der Waals surface area contributed by atoms with E-state index >= 15 is 0 Å². The van der Waals surface area contributed by atoms with Gasteiger partial charge in [-0.3, -0.25) is 9.59 Å². The van der Waals surface area contributed by atoms with Crippen LogP contribution in [0.5, 0.6) is 0 Å². The molecule has 4 nitrogen and oxygen atoms in total. The van der Waals surface area contributed by atoms with Gasteiger partial charge in [0.05, 0.1) is 13.0 Å². The summed E-state index contributed by atoms with van der Waals surface area (Å²) in [6, 6.07) is 7.52. The monoisotopic (exact) mass is 326 g/mol. The minimum Gasteiger partial charge on any atom is -0.350 e. The second kappa shape index (κ2) is 6.70. The summed E-state index contributed by atoms with van der Waals surface area (Å²) in [5.41, 5.74) is 0.612. The summed E-state index contributed by atoms with van der Waals surface area (Å²) in [7, 11) is 0. The molecule has 0 saturated carbocycles. The molecule has 0 spiro atoms. The maximum atomic E-state index is 11.7. The third kappa shape index (κ3) is 6.38. The van der Waals surface area contributed by atoms with Crippen LogP contribution in [0.15, 0.2) is 28.7 Å². The molecule has 0 saturated heterocycles. The minimum atomic E-state index is -0.287. The normalized spacial score (nSPS) is 10.9. The molecule has 1 aromatic carbocycles. The average Bonchev–Trinajstić information content (AvgIpc) is 2.27. The molecule has 0 aliphatic rings. The van der Waals surface area contributed by atoms with E-state index in [0.717, 1.165) is 10.0 Å². The molecule has 0 heterocycles. The molecule has 0 atom stereocenters. The summed E-state index contributed by atoms with van der Waals surface area (Å²) < 4.78 is 0.893. The molecule has 0 radical (unpaired) electrons. The number of amides is 2. The minimum absolute atomic E-state index is 0.000552. The fraction of sp³-hybridized carbons (Fsp3) is 0.429. The van der Waals surface area contributed by atoms with Crippen molar-refractivity contribution in [1.82, 2.24) is 10.6 Å². The number of nitrogens with one attached hydrogen (secondary N) is 2. The third-order valence-electron chi connectivity index (χ3n) is 2.27. The van der Waals surface area contributed by atoms with Crippen LogP contribution in [0.4, 0.5) is 0 Å². The number of hydrogen-bond acceptors (Lipinski definition) is 2. The molecule has 1 rings (SSSR count). The summed E-state index contributed by atoms with van der Waals surface area (Å²) in [5.74, 6) is -0.357. The van der Waals surface area contributed by atoms with Crippen molar-refractivity contribution >= 4 is 27.7 Å². The van der Waals surface area contributed by atoms with Crippen molar-refractivity contribution in [3.8, 4) is 0 Å². The zero-order valence-corrected chi connectivity index (χ0v) is 13.0. The second-order valence-corrected chi connectivity index (χ2v) is 6.20.